The molecule has 0 amide bonds. The summed E-state index contributed by atoms with van der Waals surface area (Å²) in [4.78, 5) is 0. The highest BCUT2D eigenvalue weighted by atomic mass is 16.7. The van der Waals surface area contributed by atoms with Gasteiger partial charge in [0.2, 0.25) is 0 Å². The molecule has 0 atom stereocenters. The molecule has 0 unspecified atom stereocenters. The van der Waals surface area contributed by atoms with E-state index >= 15 is 0 Å². The van der Waals surface area contributed by atoms with Gasteiger partial charge in [-0.3, -0.25) is 0 Å². The lowest BCUT2D eigenvalue weighted by Crippen LogP contribution is -2.41. The van der Waals surface area contributed by atoms with Crippen LogP contribution in [0.1, 0.15) is 40.0 Å². The average Bonchev–Trinajstić information content (AvgIpc) is 2.97. The SMILES string of the molecule is [2H]c1cc(-c2c([2H])c([2H])c([2H])c3c([2H])c([2H])c([2H])c([2H])c23)cc(B2OC(C)(C)C(C)(C)O2)c1[2H]. The predicted octanol–water partition coefficient (Wildman–Crippen LogP) is 4.81. The lowest BCUT2D eigenvalue weighted by Gasteiger charge is -2.32. The molecular formula is C22H23BO2. The van der Waals surface area contributed by atoms with Crippen LogP contribution in [0.3, 0.4) is 0 Å². The first kappa shape index (κ1) is 9.02. The first-order chi connectivity index (χ1) is 15.6. The zero-order valence-electron chi connectivity index (χ0n) is 23.5. The average molecular weight is 339 g/mol. The Morgan fingerprint density at radius 3 is 2.28 bits per heavy atom. The number of benzene rings is 3. The topological polar surface area (TPSA) is 18.5 Å². The third kappa shape index (κ3) is 2.78. The Balaban J connectivity index is 2.07. The number of hydrogen-bond donors (Lipinski definition) is 0. The van der Waals surface area contributed by atoms with Crippen LogP contribution < -0.4 is 5.46 Å². The lowest BCUT2D eigenvalue weighted by molar-refractivity contribution is 0.00578. The Morgan fingerprint density at radius 1 is 0.840 bits per heavy atom. The first-order valence-electron chi connectivity index (χ1n) is 12.6. The van der Waals surface area contributed by atoms with E-state index in [0.717, 1.165) is 0 Å². The molecule has 1 aliphatic rings. The minimum atomic E-state index is -0.971. The Labute approximate surface area is 162 Å². The Morgan fingerprint density at radius 2 is 1.52 bits per heavy atom. The molecule has 1 heterocycles. The van der Waals surface area contributed by atoms with E-state index in [2.05, 4.69) is 0 Å². The summed E-state index contributed by atoms with van der Waals surface area (Å²) in [6, 6.07) is -0.847. The number of rotatable bonds is 2. The van der Waals surface area contributed by atoms with Crippen molar-refractivity contribution in [3.63, 3.8) is 0 Å². The molecule has 1 aliphatic heterocycles. The van der Waals surface area contributed by atoms with Gasteiger partial charge in [0.15, 0.2) is 0 Å². The van der Waals surface area contributed by atoms with E-state index in [9.17, 15) is 0 Å². The van der Waals surface area contributed by atoms with Gasteiger partial charge in [-0.05, 0) is 55.1 Å². The Bertz CT molecular complexity index is 1350. The minimum absolute atomic E-state index is 0.00531. The monoisotopic (exact) mass is 339 g/mol. The molecule has 1 saturated heterocycles. The molecular weight excluding hydrogens is 307 g/mol. The van der Waals surface area contributed by atoms with E-state index in [1.807, 2.05) is 27.7 Å². The molecule has 0 bridgehead atoms. The normalized spacial score (nSPS) is 23.7. The van der Waals surface area contributed by atoms with Gasteiger partial charge >= 0.3 is 7.12 Å². The van der Waals surface area contributed by atoms with Crippen LogP contribution >= 0.6 is 0 Å². The molecule has 3 heteroatoms. The van der Waals surface area contributed by atoms with Crippen LogP contribution in [0.5, 0.6) is 0 Å². The second-order valence-corrected chi connectivity index (χ2v) is 7.06. The molecule has 126 valence electrons. The summed E-state index contributed by atoms with van der Waals surface area (Å²) in [6.45, 7) is 7.42. The van der Waals surface area contributed by atoms with E-state index in [-0.39, 0.29) is 39.4 Å². The van der Waals surface area contributed by atoms with Gasteiger partial charge in [0.1, 0.15) is 0 Å². The second-order valence-electron chi connectivity index (χ2n) is 7.06. The van der Waals surface area contributed by atoms with E-state index in [0.29, 0.717) is 0 Å². The van der Waals surface area contributed by atoms with Crippen LogP contribution in [0, 0.1) is 0 Å². The van der Waals surface area contributed by atoms with Gasteiger partial charge in [0.05, 0.1) is 23.5 Å². The predicted molar refractivity (Wildman–Crippen MR) is 105 cm³/mol. The van der Waals surface area contributed by atoms with E-state index in [4.69, 9.17) is 21.6 Å². The van der Waals surface area contributed by atoms with Gasteiger partial charge in [-0.1, -0.05) is 66.5 Å². The summed E-state index contributed by atoms with van der Waals surface area (Å²) >= 11 is 0. The molecule has 0 aromatic heterocycles. The highest BCUT2D eigenvalue weighted by molar-refractivity contribution is 6.62. The summed E-state index contributed by atoms with van der Waals surface area (Å²) < 4.78 is 86.8. The van der Waals surface area contributed by atoms with Crippen molar-refractivity contribution in [1.82, 2.24) is 0 Å². The standard InChI is InChI=1S/C22H23BO2/c1-21(2)22(3,4)25-23(24-21)18-12-7-11-17(15-18)20-14-8-10-16-9-5-6-13-19(16)20/h5-15H,1-4H3/i5D,6D,7D,8D,9D,10D,12D,13D,14D. The molecule has 3 aromatic rings. The minimum Gasteiger partial charge on any atom is -0.399 e. The van der Waals surface area contributed by atoms with Crippen molar-refractivity contribution in [3.05, 3.63) is 66.5 Å². The van der Waals surface area contributed by atoms with E-state index in [1.165, 1.54) is 12.1 Å². The van der Waals surface area contributed by atoms with Crippen LogP contribution in [0.15, 0.2) is 66.5 Å². The highest BCUT2D eigenvalue weighted by Gasteiger charge is 2.51. The number of fused-ring (bicyclic) bond motifs is 1. The molecule has 4 rings (SSSR count). The third-order valence-corrected chi connectivity index (χ3v) is 4.86. The molecule has 0 aliphatic carbocycles. The molecule has 0 N–H and O–H groups in total. The molecule has 0 radical (unpaired) electrons. The van der Waals surface area contributed by atoms with Gasteiger partial charge in [-0.15, -0.1) is 0 Å². The molecule has 0 saturated carbocycles. The summed E-state index contributed by atoms with van der Waals surface area (Å²) in [5, 5.41) is -0.241. The summed E-state index contributed by atoms with van der Waals surface area (Å²) in [6.07, 6.45) is 0. The maximum Gasteiger partial charge on any atom is 0.494 e. The van der Waals surface area contributed by atoms with Gasteiger partial charge < -0.3 is 9.31 Å². The zero-order chi connectivity index (χ0) is 25.5. The summed E-state index contributed by atoms with van der Waals surface area (Å²) in [5.41, 5.74) is -0.962. The molecule has 3 aromatic carbocycles. The fraction of sp³-hybridized carbons (Fsp3) is 0.273. The third-order valence-electron chi connectivity index (χ3n) is 4.86. The van der Waals surface area contributed by atoms with Crippen LogP contribution in [0.2, 0.25) is 0 Å². The Hall–Kier alpha value is -2.10. The zero-order valence-corrected chi connectivity index (χ0v) is 14.5. The van der Waals surface area contributed by atoms with Gasteiger partial charge in [-0.25, -0.2) is 0 Å². The lowest BCUT2D eigenvalue weighted by atomic mass is 9.78. The summed E-state index contributed by atoms with van der Waals surface area (Å²) in [5.74, 6) is 0. The fourth-order valence-corrected chi connectivity index (χ4v) is 2.71. The molecule has 2 nitrogen and oxygen atoms in total. The summed E-state index contributed by atoms with van der Waals surface area (Å²) in [7, 11) is -0.971. The van der Waals surface area contributed by atoms with Crippen molar-refractivity contribution in [2.75, 3.05) is 0 Å². The van der Waals surface area contributed by atoms with Gasteiger partial charge in [-0.2, -0.15) is 0 Å². The van der Waals surface area contributed by atoms with Gasteiger partial charge in [0.25, 0.3) is 0 Å². The highest BCUT2D eigenvalue weighted by Crippen LogP contribution is 2.37. The van der Waals surface area contributed by atoms with Gasteiger partial charge in [0, 0.05) is 0 Å². The largest absolute Gasteiger partial charge is 0.494 e. The number of hydrogen-bond acceptors (Lipinski definition) is 2. The molecule has 1 fully saturated rings. The molecule has 25 heavy (non-hydrogen) atoms. The fourth-order valence-electron chi connectivity index (χ4n) is 2.71. The van der Waals surface area contributed by atoms with Crippen molar-refractivity contribution in [2.45, 2.75) is 38.9 Å². The first-order valence-corrected chi connectivity index (χ1v) is 8.07. The van der Waals surface area contributed by atoms with Crippen molar-refractivity contribution < 1.29 is 21.6 Å². The van der Waals surface area contributed by atoms with E-state index < -0.39 is 60.6 Å². The van der Waals surface area contributed by atoms with Crippen LogP contribution in [0.25, 0.3) is 21.9 Å². The quantitative estimate of drug-likeness (QED) is 0.624. The maximum atomic E-state index is 8.55. The van der Waals surface area contributed by atoms with Crippen molar-refractivity contribution >= 4 is 23.4 Å². The second kappa shape index (κ2) is 5.72. The van der Waals surface area contributed by atoms with Crippen molar-refractivity contribution in [1.29, 1.82) is 0 Å². The smallest absolute Gasteiger partial charge is 0.399 e. The van der Waals surface area contributed by atoms with Crippen LogP contribution in [-0.2, 0) is 9.31 Å². The van der Waals surface area contributed by atoms with E-state index in [1.54, 1.807) is 0 Å². The molecule has 0 spiro atoms. The maximum absolute atomic E-state index is 8.55. The van der Waals surface area contributed by atoms with Crippen LogP contribution in [-0.4, -0.2) is 18.3 Å². The van der Waals surface area contributed by atoms with Crippen molar-refractivity contribution in [3.8, 4) is 11.1 Å². The Kier molecular flexibility index (Phi) is 2.06. The van der Waals surface area contributed by atoms with Crippen LogP contribution in [0.4, 0.5) is 0 Å². The van der Waals surface area contributed by atoms with Crippen molar-refractivity contribution in [2.24, 2.45) is 0 Å².